The van der Waals surface area contributed by atoms with E-state index in [1.54, 1.807) is 29.0 Å². The van der Waals surface area contributed by atoms with Crippen LogP contribution in [0.25, 0.3) is 28.2 Å². The van der Waals surface area contributed by atoms with Gasteiger partial charge < -0.3 is 28.8 Å². The summed E-state index contributed by atoms with van der Waals surface area (Å²) in [7, 11) is 1.61. The van der Waals surface area contributed by atoms with Crippen LogP contribution in [-0.2, 0) is 27.4 Å². The van der Waals surface area contributed by atoms with Crippen LogP contribution in [0.2, 0.25) is 0 Å². The van der Waals surface area contributed by atoms with Gasteiger partial charge in [-0.25, -0.2) is 0 Å². The molecule has 2 aliphatic heterocycles. The van der Waals surface area contributed by atoms with Crippen molar-refractivity contribution in [2.75, 3.05) is 33.3 Å². The van der Waals surface area contributed by atoms with E-state index in [0.717, 1.165) is 53.4 Å². The highest BCUT2D eigenvalue weighted by atomic mass is 32.2. The lowest BCUT2D eigenvalue weighted by Gasteiger charge is -2.36. The largest absolute Gasteiger partial charge is 0.755 e. The van der Waals surface area contributed by atoms with E-state index in [1.807, 2.05) is 35.1 Å². The van der Waals surface area contributed by atoms with E-state index in [0.29, 0.717) is 56.3 Å². The number of aromatic nitrogens is 1. The van der Waals surface area contributed by atoms with Crippen molar-refractivity contribution in [2.45, 2.75) is 63.0 Å². The summed E-state index contributed by atoms with van der Waals surface area (Å²) < 4.78 is 32.2. The molecule has 1 atom stereocenters. The summed E-state index contributed by atoms with van der Waals surface area (Å²) in [5.41, 5.74) is 4.28. The van der Waals surface area contributed by atoms with E-state index < -0.39 is 22.8 Å². The number of nitrogens with one attached hydrogen (secondary N) is 1. The molecule has 3 fully saturated rings. The van der Waals surface area contributed by atoms with Crippen LogP contribution in [0.5, 0.6) is 5.75 Å². The fourth-order valence-electron chi connectivity index (χ4n) is 7.39. The first-order valence-electron chi connectivity index (χ1n) is 15.9. The minimum Gasteiger partial charge on any atom is -0.755 e. The Hall–Kier alpha value is -4.00. The summed E-state index contributed by atoms with van der Waals surface area (Å²) in [6.07, 6.45) is 8.38. The van der Waals surface area contributed by atoms with Gasteiger partial charge in [0.25, 0.3) is 17.7 Å². The molecule has 4 aliphatic rings. The minimum absolute atomic E-state index is 0.143. The fourth-order valence-corrected chi connectivity index (χ4v) is 7.66. The molecule has 1 unspecified atom stereocenters. The van der Waals surface area contributed by atoms with E-state index in [1.165, 1.54) is 12.0 Å². The first kappa shape index (κ1) is 30.6. The first-order chi connectivity index (χ1) is 22.2. The number of piperazine rings is 1. The second kappa shape index (κ2) is 12.0. The monoisotopic (exact) mass is 645 g/mol. The number of carbonyl (C=O) groups excluding carboxylic acids is 3. The number of aliphatic hydroxyl groups is 1. The molecule has 2 aliphatic carbocycles. The Morgan fingerprint density at radius 2 is 1.72 bits per heavy atom. The van der Waals surface area contributed by atoms with E-state index in [2.05, 4.69) is 4.57 Å². The third kappa shape index (κ3) is 5.52. The van der Waals surface area contributed by atoms with Crippen molar-refractivity contribution in [3.05, 3.63) is 58.7 Å². The zero-order valence-electron chi connectivity index (χ0n) is 25.8. The number of hydrogen-bond acceptors (Lipinski definition) is 7. The molecule has 3 amide bonds. The van der Waals surface area contributed by atoms with Crippen LogP contribution in [0.15, 0.2) is 42.0 Å². The quantitative estimate of drug-likeness (QED) is 0.391. The molecule has 46 heavy (non-hydrogen) atoms. The predicted molar refractivity (Wildman–Crippen MR) is 171 cm³/mol. The van der Waals surface area contributed by atoms with Crippen molar-refractivity contribution in [2.24, 2.45) is 0 Å². The topological polar surface area (TPSA) is 144 Å². The molecule has 12 heteroatoms. The molecule has 3 heterocycles. The molecular formula is C34H37N4O7S-. The second-order valence-corrected chi connectivity index (χ2v) is 13.5. The highest BCUT2D eigenvalue weighted by Crippen LogP contribution is 2.47. The third-order valence-electron chi connectivity index (χ3n) is 9.98. The first-order valence-corrected chi connectivity index (χ1v) is 17.0. The highest BCUT2D eigenvalue weighted by molar-refractivity contribution is 7.77. The summed E-state index contributed by atoms with van der Waals surface area (Å²) in [5, 5.41) is 11.3. The molecule has 7 rings (SSSR count). The van der Waals surface area contributed by atoms with Crippen LogP contribution in [0, 0.1) is 0 Å². The average molecular weight is 646 g/mol. The number of hydrogen-bond donors (Lipinski definition) is 2. The molecule has 1 saturated heterocycles. The molecule has 0 bridgehead atoms. The zero-order chi connectivity index (χ0) is 32.2. The van der Waals surface area contributed by atoms with Gasteiger partial charge in [-0.3, -0.25) is 23.3 Å². The maximum atomic E-state index is 14.2. The fraction of sp³-hybridized carbons (Fsp3) is 0.441. The van der Waals surface area contributed by atoms with Crippen molar-refractivity contribution >= 4 is 46.0 Å². The van der Waals surface area contributed by atoms with Gasteiger partial charge >= 0.3 is 0 Å². The lowest BCUT2D eigenvalue weighted by Crippen LogP contribution is -2.53. The molecule has 2 aromatic carbocycles. The van der Waals surface area contributed by atoms with Crippen LogP contribution in [0.3, 0.4) is 0 Å². The number of nitrogens with zero attached hydrogens (tertiary/aromatic N) is 3. The lowest BCUT2D eigenvalue weighted by atomic mass is 9.81. The van der Waals surface area contributed by atoms with Crippen molar-refractivity contribution in [1.29, 1.82) is 0 Å². The summed E-state index contributed by atoms with van der Waals surface area (Å²) in [5.74, 6) is -0.163. The van der Waals surface area contributed by atoms with Crippen LogP contribution in [0.4, 0.5) is 0 Å². The van der Waals surface area contributed by atoms with Crippen LogP contribution in [0.1, 0.15) is 72.3 Å². The molecular weight excluding hydrogens is 608 g/mol. The number of amides is 3. The number of methoxy groups -OCH3 is 1. The number of fused-ring (bicyclic) bond motifs is 5. The lowest BCUT2D eigenvalue weighted by molar-refractivity contribution is -0.146. The van der Waals surface area contributed by atoms with E-state index in [-0.39, 0.29) is 23.9 Å². The van der Waals surface area contributed by atoms with E-state index >= 15 is 0 Å². The van der Waals surface area contributed by atoms with Gasteiger partial charge in [-0.15, -0.1) is 0 Å². The van der Waals surface area contributed by atoms with Crippen molar-refractivity contribution in [3.63, 3.8) is 0 Å². The summed E-state index contributed by atoms with van der Waals surface area (Å²) in [6.45, 7) is 1.66. The summed E-state index contributed by atoms with van der Waals surface area (Å²) in [6, 6.07) is 11.2. The van der Waals surface area contributed by atoms with Gasteiger partial charge in [0.15, 0.2) is 0 Å². The number of carbonyl (C=O) groups is 3. The number of ether oxygens (including phenoxy) is 1. The van der Waals surface area contributed by atoms with Gasteiger partial charge in [0.2, 0.25) is 0 Å². The van der Waals surface area contributed by atoms with Crippen LogP contribution < -0.4 is 9.46 Å². The average Bonchev–Trinajstić information content (AvgIpc) is 3.78. The maximum Gasteiger partial charge on any atom is 0.262 e. The molecule has 0 spiro atoms. The van der Waals surface area contributed by atoms with Crippen molar-refractivity contribution < 1.29 is 33.0 Å². The SMILES string of the molecule is COc1ccc2c(c1)C=C(C(=O)N1CCN(C(=O)C3(O)CC3)CC1)Cn1c-2c(C2CCCCC2)c2ccc(C(=O)NS(=O)[O-])cc21. The Bertz CT molecular complexity index is 1800. The molecule has 3 aromatic rings. The van der Waals surface area contributed by atoms with Crippen LogP contribution >= 0.6 is 0 Å². The van der Waals surface area contributed by atoms with E-state index in [9.17, 15) is 28.3 Å². The molecule has 1 aromatic heterocycles. The zero-order valence-corrected chi connectivity index (χ0v) is 26.6. The summed E-state index contributed by atoms with van der Waals surface area (Å²) in [4.78, 5) is 43.1. The normalized spacial score (nSPS) is 19.8. The van der Waals surface area contributed by atoms with Crippen molar-refractivity contribution in [1.82, 2.24) is 19.1 Å². The van der Waals surface area contributed by atoms with E-state index in [4.69, 9.17) is 4.74 Å². The Morgan fingerprint density at radius 1 is 1.00 bits per heavy atom. The number of benzene rings is 2. The highest BCUT2D eigenvalue weighted by Gasteiger charge is 2.50. The van der Waals surface area contributed by atoms with Gasteiger partial charge in [0, 0.05) is 65.0 Å². The molecule has 0 radical (unpaired) electrons. The Labute approximate surface area is 269 Å². The van der Waals surface area contributed by atoms with Crippen LogP contribution in [-0.4, -0.2) is 84.8 Å². The maximum absolute atomic E-state index is 14.2. The van der Waals surface area contributed by atoms with Gasteiger partial charge in [0.05, 0.1) is 19.3 Å². The van der Waals surface area contributed by atoms with Gasteiger partial charge in [-0.05, 0) is 79.1 Å². The van der Waals surface area contributed by atoms with Crippen molar-refractivity contribution in [3.8, 4) is 17.0 Å². The molecule has 11 nitrogen and oxygen atoms in total. The molecule has 2 saturated carbocycles. The number of rotatable bonds is 6. The Balaban J connectivity index is 1.32. The predicted octanol–water partition coefficient (Wildman–Crippen LogP) is 3.48. The van der Waals surface area contributed by atoms with Gasteiger partial charge in [0.1, 0.15) is 11.4 Å². The van der Waals surface area contributed by atoms with Gasteiger partial charge in [-0.2, -0.15) is 0 Å². The smallest absolute Gasteiger partial charge is 0.262 e. The molecule has 242 valence electrons. The molecule has 2 N–H and O–H groups in total. The second-order valence-electron chi connectivity index (χ2n) is 12.8. The Morgan fingerprint density at radius 3 is 2.39 bits per heavy atom. The third-order valence-corrected chi connectivity index (χ3v) is 10.3. The Kier molecular flexibility index (Phi) is 7.98. The minimum atomic E-state index is -2.75. The van der Waals surface area contributed by atoms with Gasteiger partial charge in [-0.1, -0.05) is 25.3 Å². The summed E-state index contributed by atoms with van der Waals surface area (Å²) >= 11 is -2.75. The standard InChI is InChI=1S/C34H38N4O7S/c1-45-25-8-10-26-23(18-25)17-24(32(40)36-13-15-37(16-14-36)33(41)34(42)11-12-34)20-38-28-19-22(31(39)35-46(43)44)7-9-27(28)29(30(26)38)21-5-3-2-4-6-21/h7-10,17-19,21,42H,2-6,11-16,20H2,1H3,(H,35,39)(H,43,44)/p-1.